The molecule has 0 spiro atoms. The van der Waals surface area contributed by atoms with Crippen LogP contribution in [0.1, 0.15) is 35.3 Å². The first kappa shape index (κ1) is 14.5. The summed E-state index contributed by atoms with van der Waals surface area (Å²) in [5.74, 6) is 2.12. The van der Waals surface area contributed by atoms with E-state index in [1.807, 2.05) is 14.0 Å². The number of ether oxygens (including phenoxy) is 1. The van der Waals surface area contributed by atoms with Crippen LogP contribution in [0.4, 0.5) is 0 Å². The normalized spacial score (nSPS) is 10.8. The SMILES string of the molecule is CCc1nc(COc2c(C)cc(CNC)cc2C)no1. The standard InChI is InChI=1S/C15H21N3O2/c1-5-14-17-13(18-20-14)9-19-15-10(2)6-12(8-16-4)7-11(15)3/h6-7,16H,5,8-9H2,1-4H3. The first-order valence-corrected chi connectivity index (χ1v) is 6.83. The van der Waals surface area contributed by atoms with Crippen molar-refractivity contribution in [3.63, 3.8) is 0 Å². The molecule has 0 unspecified atom stereocenters. The monoisotopic (exact) mass is 275 g/mol. The van der Waals surface area contributed by atoms with E-state index in [4.69, 9.17) is 9.26 Å². The number of benzene rings is 1. The molecular weight excluding hydrogens is 254 g/mol. The van der Waals surface area contributed by atoms with Crippen molar-refractivity contribution in [2.24, 2.45) is 0 Å². The predicted octanol–water partition coefficient (Wildman–Crippen LogP) is 2.55. The van der Waals surface area contributed by atoms with Crippen LogP contribution in [0.3, 0.4) is 0 Å². The van der Waals surface area contributed by atoms with Crippen LogP contribution < -0.4 is 10.1 Å². The summed E-state index contributed by atoms with van der Waals surface area (Å²) in [7, 11) is 1.94. The average molecular weight is 275 g/mol. The van der Waals surface area contributed by atoms with Crippen LogP contribution in [-0.4, -0.2) is 17.2 Å². The molecule has 0 fully saturated rings. The zero-order chi connectivity index (χ0) is 14.5. The zero-order valence-electron chi connectivity index (χ0n) is 12.5. The van der Waals surface area contributed by atoms with Crippen molar-refractivity contribution in [1.82, 2.24) is 15.5 Å². The highest BCUT2D eigenvalue weighted by atomic mass is 16.5. The van der Waals surface area contributed by atoms with Gasteiger partial charge in [0.05, 0.1) is 0 Å². The molecule has 0 aliphatic rings. The van der Waals surface area contributed by atoms with Crippen molar-refractivity contribution in [2.75, 3.05) is 7.05 Å². The molecule has 1 heterocycles. The van der Waals surface area contributed by atoms with Gasteiger partial charge in [-0.05, 0) is 37.6 Å². The van der Waals surface area contributed by atoms with Gasteiger partial charge in [-0.3, -0.25) is 0 Å². The number of aryl methyl sites for hydroxylation is 3. The maximum atomic E-state index is 5.84. The molecule has 0 saturated heterocycles. The molecule has 0 aliphatic heterocycles. The highest BCUT2D eigenvalue weighted by Gasteiger charge is 2.09. The largest absolute Gasteiger partial charge is 0.485 e. The lowest BCUT2D eigenvalue weighted by molar-refractivity contribution is 0.281. The van der Waals surface area contributed by atoms with Gasteiger partial charge in [0.15, 0.2) is 6.61 Å². The molecule has 108 valence electrons. The Kier molecular flexibility index (Phi) is 4.74. The maximum Gasteiger partial charge on any atom is 0.226 e. The third-order valence-corrected chi connectivity index (χ3v) is 3.06. The Morgan fingerprint density at radius 1 is 1.25 bits per heavy atom. The average Bonchev–Trinajstić information content (AvgIpc) is 2.86. The molecule has 2 rings (SSSR count). The summed E-state index contributed by atoms with van der Waals surface area (Å²) < 4.78 is 10.9. The molecule has 0 aliphatic carbocycles. The Labute approximate surface area is 119 Å². The van der Waals surface area contributed by atoms with Gasteiger partial charge < -0.3 is 14.6 Å². The Balaban J connectivity index is 2.09. The lowest BCUT2D eigenvalue weighted by Gasteiger charge is -2.13. The van der Waals surface area contributed by atoms with Crippen LogP contribution in [0.5, 0.6) is 5.75 Å². The van der Waals surface area contributed by atoms with Gasteiger partial charge in [0.25, 0.3) is 0 Å². The number of nitrogens with zero attached hydrogens (tertiary/aromatic N) is 2. The number of aromatic nitrogens is 2. The maximum absolute atomic E-state index is 5.84. The molecule has 0 amide bonds. The third-order valence-electron chi connectivity index (χ3n) is 3.06. The smallest absolute Gasteiger partial charge is 0.226 e. The van der Waals surface area contributed by atoms with Gasteiger partial charge in [0.1, 0.15) is 5.75 Å². The van der Waals surface area contributed by atoms with Crippen molar-refractivity contribution < 1.29 is 9.26 Å². The topological polar surface area (TPSA) is 60.2 Å². The summed E-state index contributed by atoms with van der Waals surface area (Å²) in [6.07, 6.45) is 0.740. The fourth-order valence-corrected chi connectivity index (χ4v) is 2.20. The fraction of sp³-hybridized carbons (Fsp3) is 0.467. The summed E-state index contributed by atoms with van der Waals surface area (Å²) in [6.45, 7) is 7.26. The Bertz CT molecular complexity index is 555. The minimum Gasteiger partial charge on any atom is -0.485 e. The lowest BCUT2D eigenvalue weighted by atomic mass is 10.1. The predicted molar refractivity (Wildman–Crippen MR) is 76.7 cm³/mol. The quantitative estimate of drug-likeness (QED) is 0.878. The van der Waals surface area contributed by atoms with Gasteiger partial charge in [0.2, 0.25) is 11.7 Å². The molecule has 1 aromatic carbocycles. The first-order valence-electron chi connectivity index (χ1n) is 6.83. The second-order valence-electron chi connectivity index (χ2n) is 4.84. The molecule has 2 aromatic rings. The van der Waals surface area contributed by atoms with Gasteiger partial charge >= 0.3 is 0 Å². The van der Waals surface area contributed by atoms with E-state index in [0.717, 1.165) is 29.8 Å². The van der Waals surface area contributed by atoms with E-state index in [9.17, 15) is 0 Å². The molecule has 0 radical (unpaired) electrons. The summed E-state index contributed by atoms with van der Waals surface area (Å²) in [5, 5.41) is 7.04. The third kappa shape index (κ3) is 3.36. The summed E-state index contributed by atoms with van der Waals surface area (Å²) in [6, 6.07) is 4.26. The summed E-state index contributed by atoms with van der Waals surface area (Å²) in [4.78, 5) is 4.24. The van der Waals surface area contributed by atoms with Gasteiger partial charge in [-0.1, -0.05) is 24.2 Å². The van der Waals surface area contributed by atoms with Crippen LogP contribution in [-0.2, 0) is 19.6 Å². The number of rotatable bonds is 6. The van der Waals surface area contributed by atoms with Crippen LogP contribution in [0.2, 0.25) is 0 Å². The van der Waals surface area contributed by atoms with Gasteiger partial charge in [0, 0.05) is 13.0 Å². The minimum atomic E-state index is 0.330. The second-order valence-corrected chi connectivity index (χ2v) is 4.84. The van der Waals surface area contributed by atoms with Crippen molar-refractivity contribution in [3.8, 4) is 5.75 Å². The molecule has 1 N–H and O–H groups in total. The van der Waals surface area contributed by atoms with E-state index in [1.54, 1.807) is 0 Å². The number of hydrogen-bond donors (Lipinski definition) is 1. The first-order chi connectivity index (χ1) is 9.63. The van der Waals surface area contributed by atoms with E-state index in [-0.39, 0.29) is 0 Å². The molecule has 5 heteroatoms. The van der Waals surface area contributed by atoms with Crippen molar-refractivity contribution in [2.45, 2.75) is 40.3 Å². The van der Waals surface area contributed by atoms with E-state index in [2.05, 4.69) is 41.4 Å². The van der Waals surface area contributed by atoms with Crippen molar-refractivity contribution in [3.05, 3.63) is 40.5 Å². The van der Waals surface area contributed by atoms with Crippen molar-refractivity contribution in [1.29, 1.82) is 0 Å². The van der Waals surface area contributed by atoms with Gasteiger partial charge in [-0.15, -0.1) is 0 Å². The van der Waals surface area contributed by atoms with E-state index in [0.29, 0.717) is 18.3 Å². The summed E-state index contributed by atoms with van der Waals surface area (Å²) >= 11 is 0. The van der Waals surface area contributed by atoms with E-state index >= 15 is 0 Å². The molecule has 0 atom stereocenters. The number of hydrogen-bond acceptors (Lipinski definition) is 5. The highest BCUT2D eigenvalue weighted by molar-refractivity contribution is 5.43. The Morgan fingerprint density at radius 3 is 2.50 bits per heavy atom. The lowest BCUT2D eigenvalue weighted by Crippen LogP contribution is -2.07. The Morgan fingerprint density at radius 2 is 1.95 bits per heavy atom. The van der Waals surface area contributed by atoms with Crippen LogP contribution >= 0.6 is 0 Å². The Hall–Kier alpha value is -1.88. The molecule has 5 nitrogen and oxygen atoms in total. The highest BCUT2D eigenvalue weighted by Crippen LogP contribution is 2.25. The minimum absolute atomic E-state index is 0.330. The molecular formula is C15H21N3O2. The van der Waals surface area contributed by atoms with Crippen LogP contribution in [0.15, 0.2) is 16.7 Å². The van der Waals surface area contributed by atoms with Gasteiger partial charge in [-0.2, -0.15) is 4.98 Å². The van der Waals surface area contributed by atoms with Gasteiger partial charge in [-0.25, -0.2) is 0 Å². The van der Waals surface area contributed by atoms with Crippen LogP contribution in [0.25, 0.3) is 0 Å². The molecule has 0 bridgehead atoms. The van der Waals surface area contributed by atoms with Crippen molar-refractivity contribution >= 4 is 0 Å². The molecule has 1 aromatic heterocycles. The summed E-state index contributed by atoms with van der Waals surface area (Å²) in [5.41, 5.74) is 3.49. The number of nitrogens with one attached hydrogen (secondary N) is 1. The van der Waals surface area contributed by atoms with E-state index < -0.39 is 0 Å². The molecule has 20 heavy (non-hydrogen) atoms. The van der Waals surface area contributed by atoms with E-state index in [1.165, 1.54) is 5.56 Å². The zero-order valence-corrected chi connectivity index (χ0v) is 12.5. The fourth-order valence-electron chi connectivity index (χ4n) is 2.20. The molecule has 0 saturated carbocycles. The second kappa shape index (κ2) is 6.52. The van der Waals surface area contributed by atoms with Crippen LogP contribution in [0, 0.1) is 13.8 Å².